The van der Waals surface area contributed by atoms with E-state index in [1.807, 2.05) is 6.92 Å². The number of carbonyl (C=O) groups is 1. The van der Waals surface area contributed by atoms with Crippen LogP contribution in [0.1, 0.15) is 46.0 Å². The Morgan fingerprint density at radius 2 is 2.19 bits per heavy atom. The molecule has 1 rings (SSSR count). The van der Waals surface area contributed by atoms with Crippen LogP contribution in [0.25, 0.3) is 0 Å². The second-order valence-corrected chi connectivity index (χ2v) is 5.01. The molecule has 2 N–H and O–H groups in total. The lowest BCUT2D eigenvalue weighted by molar-refractivity contribution is -0.135. The standard InChI is InChI=1S/C13H26N2O/c1-3-12-5-4-9-15(10-7-12)13(16)11(2)6-8-14/h11-12H,3-10,14H2,1-2H3. The first-order chi connectivity index (χ1) is 7.69. The molecule has 0 aliphatic carbocycles. The van der Waals surface area contributed by atoms with E-state index in [0.717, 1.165) is 25.4 Å². The normalized spacial score (nSPS) is 23.9. The van der Waals surface area contributed by atoms with Gasteiger partial charge in [0.25, 0.3) is 0 Å². The van der Waals surface area contributed by atoms with Crippen molar-refractivity contribution in [3.05, 3.63) is 0 Å². The van der Waals surface area contributed by atoms with Gasteiger partial charge in [0, 0.05) is 19.0 Å². The molecule has 16 heavy (non-hydrogen) atoms. The molecular formula is C13H26N2O. The monoisotopic (exact) mass is 226 g/mol. The minimum absolute atomic E-state index is 0.100. The minimum atomic E-state index is 0.100. The van der Waals surface area contributed by atoms with Crippen molar-refractivity contribution < 1.29 is 4.79 Å². The maximum absolute atomic E-state index is 12.1. The van der Waals surface area contributed by atoms with Gasteiger partial charge in [-0.05, 0) is 38.1 Å². The third-order valence-corrected chi connectivity index (χ3v) is 3.76. The summed E-state index contributed by atoms with van der Waals surface area (Å²) < 4.78 is 0. The fourth-order valence-electron chi connectivity index (χ4n) is 2.48. The van der Waals surface area contributed by atoms with Crippen LogP contribution in [0.3, 0.4) is 0 Å². The molecule has 1 amide bonds. The molecule has 2 atom stereocenters. The highest BCUT2D eigenvalue weighted by Gasteiger charge is 2.22. The fourth-order valence-corrected chi connectivity index (χ4v) is 2.48. The van der Waals surface area contributed by atoms with Gasteiger partial charge in [0.2, 0.25) is 5.91 Å². The summed E-state index contributed by atoms with van der Waals surface area (Å²) in [5, 5.41) is 0. The van der Waals surface area contributed by atoms with Crippen LogP contribution in [0.4, 0.5) is 0 Å². The van der Waals surface area contributed by atoms with Crippen molar-refractivity contribution in [1.82, 2.24) is 4.90 Å². The number of rotatable bonds is 4. The van der Waals surface area contributed by atoms with E-state index in [4.69, 9.17) is 5.73 Å². The Morgan fingerprint density at radius 3 is 2.81 bits per heavy atom. The van der Waals surface area contributed by atoms with E-state index in [-0.39, 0.29) is 5.92 Å². The number of carbonyl (C=O) groups excluding carboxylic acids is 1. The lowest BCUT2D eigenvalue weighted by atomic mass is 9.98. The Bertz CT molecular complexity index is 218. The average molecular weight is 226 g/mol. The summed E-state index contributed by atoms with van der Waals surface area (Å²) in [5.41, 5.74) is 5.50. The lowest BCUT2D eigenvalue weighted by Crippen LogP contribution is -2.36. The van der Waals surface area contributed by atoms with Crippen molar-refractivity contribution in [2.24, 2.45) is 17.6 Å². The molecule has 94 valence electrons. The second kappa shape index (κ2) is 6.89. The topological polar surface area (TPSA) is 46.3 Å². The first-order valence-corrected chi connectivity index (χ1v) is 6.67. The van der Waals surface area contributed by atoms with Gasteiger partial charge in [-0.1, -0.05) is 20.3 Å². The molecule has 1 saturated heterocycles. The summed E-state index contributed by atoms with van der Waals surface area (Å²) in [5.74, 6) is 1.23. The van der Waals surface area contributed by atoms with E-state index in [9.17, 15) is 4.79 Å². The Morgan fingerprint density at radius 1 is 1.44 bits per heavy atom. The number of hydrogen-bond donors (Lipinski definition) is 1. The van der Waals surface area contributed by atoms with E-state index >= 15 is 0 Å². The summed E-state index contributed by atoms with van der Waals surface area (Å²) >= 11 is 0. The summed E-state index contributed by atoms with van der Waals surface area (Å²) in [7, 11) is 0. The fraction of sp³-hybridized carbons (Fsp3) is 0.923. The SMILES string of the molecule is CCC1CCCN(C(=O)C(C)CCN)CC1. The second-order valence-electron chi connectivity index (χ2n) is 5.01. The predicted molar refractivity (Wildman–Crippen MR) is 67.0 cm³/mol. The van der Waals surface area contributed by atoms with Crippen molar-refractivity contribution in [3.63, 3.8) is 0 Å². The number of nitrogens with zero attached hydrogens (tertiary/aromatic N) is 1. The summed E-state index contributed by atoms with van der Waals surface area (Å²) in [6.45, 7) is 6.76. The van der Waals surface area contributed by atoms with E-state index in [2.05, 4.69) is 11.8 Å². The first kappa shape index (κ1) is 13.5. The van der Waals surface area contributed by atoms with Crippen LogP contribution in [0, 0.1) is 11.8 Å². The summed E-state index contributed by atoms with van der Waals surface area (Å²) in [6, 6.07) is 0. The zero-order valence-corrected chi connectivity index (χ0v) is 10.7. The van der Waals surface area contributed by atoms with Gasteiger partial charge < -0.3 is 10.6 Å². The van der Waals surface area contributed by atoms with E-state index in [0.29, 0.717) is 12.5 Å². The Hall–Kier alpha value is -0.570. The van der Waals surface area contributed by atoms with Crippen molar-refractivity contribution in [2.75, 3.05) is 19.6 Å². The average Bonchev–Trinajstić information content (AvgIpc) is 2.53. The quantitative estimate of drug-likeness (QED) is 0.797. The summed E-state index contributed by atoms with van der Waals surface area (Å²) in [4.78, 5) is 14.2. The van der Waals surface area contributed by atoms with Gasteiger partial charge in [0.15, 0.2) is 0 Å². The predicted octanol–water partition coefficient (Wildman–Crippen LogP) is 2.01. The molecule has 0 radical (unpaired) electrons. The van der Waals surface area contributed by atoms with Gasteiger partial charge in [-0.2, -0.15) is 0 Å². The van der Waals surface area contributed by atoms with Gasteiger partial charge in [0.05, 0.1) is 0 Å². The van der Waals surface area contributed by atoms with E-state index < -0.39 is 0 Å². The van der Waals surface area contributed by atoms with Crippen LogP contribution < -0.4 is 5.73 Å². The minimum Gasteiger partial charge on any atom is -0.342 e. The molecule has 1 heterocycles. The third kappa shape index (κ3) is 3.78. The smallest absolute Gasteiger partial charge is 0.225 e. The molecule has 2 unspecified atom stereocenters. The first-order valence-electron chi connectivity index (χ1n) is 6.67. The molecule has 0 aromatic carbocycles. The van der Waals surface area contributed by atoms with Gasteiger partial charge >= 0.3 is 0 Å². The maximum atomic E-state index is 12.1. The zero-order valence-electron chi connectivity index (χ0n) is 10.7. The highest BCUT2D eigenvalue weighted by molar-refractivity contribution is 5.78. The van der Waals surface area contributed by atoms with Gasteiger partial charge in [0.1, 0.15) is 0 Å². The Kier molecular flexibility index (Phi) is 5.81. The molecule has 0 spiro atoms. The highest BCUT2D eigenvalue weighted by atomic mass is 16.2. The Labute approximate surface area is 99.4 Å². The Balaban J connectivity index is 2.44. The molecule has 0 aromatic rings. The van der Waals surface area contributed by atoms with Crippen molar-refractivity contribution in [3.8, 4) is 0 Å². The number of amides is 1. The number of hydrogen-bond acceptors (Lipinski definition) is 2. The molecular weight excluding hydrogens is 200 g/mol. The molecule has 3 nitrogen and oxygen atoms in total. The van der Waals surface area contributed by atoms with Crippen LogP contribution in [-0.4, -0.2) is 30.4 Å². The molecule has 0 bridgehead atoms. The van der Waals surface area contributed by atoms with Crippen LogP contribution in [-0.2, 0) is 4.79 Å². The van der Waals surface area contributed by atoms with Crippen molar-refractivity contribution in [2.45, 2.75) is 46.0 Å². The van der Waals surface area contributed by atoms with Gasteiger partial charge in [-0.15, -0.1) is 0 Å². The molecule has 3 heteroatoms. The van der Waals surface area contributed by atoms with Crippen LogP contribution in [0.15, 0.2) is 0 Å². The van der Waals surface area contributed by atoms with Gasteiger partial charge in [-0.25, -0.2) is 0 Å². The van der Waals surface area contributed by atoms with Crippen molar-refractivity contribution in [1.29, 1.82) is 0 Å². The largest absolute Gasteiger partial charge is 0.342 e. The van der Waals surface area contributed by atoms with E-state index in [1.165, 1.54) is 25.7 Å². The molecule has 0 saturated carbocycles. The van der Waals surface area contributed by atoms with Crippen LogP contribution in [0.5, 0.6) is 0 Å². The molecule has 0 aromatic heterocycles. The maximum Gasteiger partial charge on any atom is 0.225 e. The molecule has 1 aliphatic heterocycles. The van der Waals surface area contributed by atoms with Crippen LogP contribution in [0.2, 0.25) is 0 Å². The molecule has 1 fully saturated rings. The highest BCUT2D eigenvalue weighted by Crippen LogP contribution is 2.21. The lowest BCUT2D eigenvalue weighted by Gasteiger charge is -2.24. The number of nitrogens with two attached hydrogens (primary N) is 1. The van der Waals surface area contributed by atoms with Gasteiger partial charge in [-0.3, -0.25) is 4.79 Å². The van der Waals surface area contributed by atoms with Crippen LogP contribution >= 0.6 is 0 Å². The third-order valence-electron chi connectivity index (χ3n) is 3.76. The van der Waals surface area contributed by atoms with E-state index in [1.54, 1.807) is 0 Å². The number of likely N-dealkylation sites (tertiary alicyclic amines) is 1. The summed E-state index contributed by atoms with van der Waals surface area (Å²) in [6.07, 6.45) is 5.69. The zero-order chi connectivity index (χ0) is 12.0. The van der Waals surface area contributed by atoms with Crippen molar-refractivity contribution >= 4 is 5.91 Å². The molecule has 1 aliphatic rings.